The van der Waals surface area contributed by atoms with E-state index in [0.717, 1.165) is 38.8 Å². The lowest BCUT2D eigenvalue weighted by Crippen LogP contribution is -2.48. The normalized spacial score (nSPS) is 30.0. The third kappa shape index (κ3) is 4.32. The molecule has 3 fully saturated rings. The van der Waals surface area contributed by atoms with E-state index in [2.05, 4.69) is 10.6 Å². The summed E-state index contributed by atoms with van der Waals surface area (Å²) in [6, 6.07) is -0.0501. The average molecular weight is 350 g/mol. The Morgan fingerprint density at radius 1 is 1.24 bits per heavy atom. The minimum atomic E-state index is -0.191. The van der Waals surface area contributed by atoms with Crippen LogP contribution in [0, 0.1) is 11.8 Å². The molecule has 3 aliphatic rings. The summed E-state index contributed by atoms with van der Waals surface area (Å²) in [5, 5.41) is 6.25. The molecule has 3 atom stereocenters. The van der Waals surface area contributed by atoms with E-state index in [4.69, 9.17) is 0 Å². The molecule has 0 saturated carbocycles. The number of hydrogen-bond acceptors (Lipinski definition) is 4. The summed E-state index contributed by atoms with van der Waals surface area (Å²) in [6.07, 6.45) is 4.31. The van der Waals surface area contributed by atoms with E-state index < -0.39 is 0 Å². The van der Waals surface area contributed by atoms with Crippen molar-refractivity contribution >= 4 is 17.7 Å². The summed E-state index contributed by atoms with van der Waals surface area (Å²) < 4.78 is 0. The van der Waals surface area contributed by atoms with Crippen molar-refractivity contribution in [2.24, 2.45) is 11.8 Å². The number of likely N-dealkylation sites (tertiary alicyclic amines) is 2. The van der Waals surface area contributed by atoms with Gasteiger partial charge in [-0.15, -0.1) is 0 Å². The minimum Gasteiger partial charge on any atom is -0.354 e. The molecule has 0 aromatic carbocycles. The molecular formula is C18H30N4O3. The largest absolute Gasteiger partial charge is 0.354 e. The fourth-order valence-corrected chi connectivity index (χ4v) is 4.21. The molecule has 0 aromatic heterocycles. The quantitative estimate of drug-likeness (QED) is 0.729. The van der Waals surface area contributed by atoms with Crippen LogP contribution in [0.2, 0.25) is 0 Å². The highest BCUT2D eigenvalue weighted by Crippen LogP contribution is 2.23. The fourth-order valence-electron chi connectivity index (χ4n) is 4.21. The smallest absolute Gasteiger partial charge is 0.237 e. The first-order chi connectivity index (χ1) is 12.1. The molecule has 3 unspecified atom stereocenters. The van der Waals surface area contributed by atoms with Crippen LogP contribution in [0.15, 0.2) is 0 Å². The second-order valence-electron chi connectivity index (χ2n) is 7.52. The van der Waals surface area contributed by atoms with Gasteiger partial charge in [0.05, 0.1) is 12.0 Å². The molecule has 0 radical (unpaired) electrons. The van der Waals surface area contributed by atoms with Gasteiger partial charge in [0.1, 0.15) is 0 Å². The summed E-state index contributed by atoms with van der Waals surface area (Å²) in [7, 11) is 0. The predicted octanol–water partition coefficient (Wildman–Crippen LogP) is -0.0384. The first-order valence-electron chi connectivity index (χ1n) is 9.66. The Morgan fingerprint density at radius 3 is 2.76 bits per heavy atom. The second-order valence-corrected chi connectivity index (χ2v) is 7.52. The molecule has 3 heterocycles. The molecule has 0 aliphatic carbocycles. The van der Waals surface area contributed by atoms with Crippen LogP contribution in [0.1, 0.15) is 39.0 Å². The third-order valence-electron chi connectivity index (χ3n) is 5.72. The SMILES string of the molecule is CCN1CC(C(=O)N2CCCC(CNC(=O)C3CCCN3)C2)CC1=O. The van der Waals surface area contributed by atoms with E-state index in [1.54, 1.807) is 4.90 Å². The Morgan fingerprint density at radius 2 is 2.08 bits per heavy atom. The van der Waals surface area contributed by atoms with Gasteiger partial charge in [-0.3, -0.25) is 14.4 Å². The third-order valence-corrected chi connectivity index (χ3v) is 5.72. The van der Waals surface area contributed by atoms with Crippen molar-refractivity contribution in [1.82, 2.24) is 20.4 Å². The Balaban J connectivity index is 1.46. The van der Waals surface area contributed by atoms with Crippen molar-refractivity contribution < 1.29 is 14.4 Å². The molecule has 0 aromatic rings. The topological polar surface area (TPSA) is 81.8 Å². The van der Waals surface area contributed by atoms with Crippen LogP contribution in [0.3, 0.4) is 0 Å². The zero-order valence-electron chi connectivity index (χ0n) is 15.1. The highest BCUT2D eigenvalue weighted by molar-refractivity contribution is 5.89. The van der Waals surface area contributed by atoms with Crippen LogP contribution in [0.5, 0.6) is 0 Å². The van der Waals surface area contributed by atoms with Gasteiger partial charge in [0.2, 0.25) is 17.7 Å². The Kier molecular flexibility index (Phi) is 5.93. The zero-order valence-corrected chi connectivity index (χ0v) is 15.1. The Labute approximate surface area is 149 Å². The molecule has 7 nitrogen and oxygen atoms in total. The van der Waals surface area contributed by atoms with Crippen molar-refractivity contribution in [2.75, 3.05) is 39.3 Å². The summed E-state index contributed by atoms with van der Waals surface area (Å²) >= 11 is 0. The van der Waals surface area contributed by atoms with Crippen molar-refractivity contribution in [1.29, 1.82) is 0 Å². The van der Waals surface area contributed by atoms with Gasteiger partial charge in [0.15, 0.2) is 0 Å². The number of carbonyl (C=O) groups is 3. The van der Waals surface area contributed by atoms with Gasteiger partial charge in [-0.2, -0.15) is 0 Å². The van der Waals surface area contributed by atoms with Crippen LogP contribution in [-0.2, 0) is 14.4 Å². The molecule has 3 saturated heterocycles. The van der Waals surface area contributed by atoms with Gasteiger partial charge in [0, 0.05) is 39.1 Å². The van der Waals surface area contributed by atoms with Gasteiger partial charge in [0.25, 0.3) is 0 Å². The van der Waals surface area contributed by atoms with Crippen LogP contribution in [-0.4, -0.2) is 72.8 Å². The summed E-state index contributed by atoms with van der Waals surface area (Å²) in [6.45, 7) is 6.18. The van der Waals surface area contributed by atoms with Gasteiger partial charge in [-0.1, -0.05) is 0 Å². The van der Waals surface area contributed by atoms with E-state index >= 15 is 0 Å². The number of hydrogen-bond donors (Lipinski definition) is 2. The molecule has 3 amide bonds. The number of nitrogens with zero attached hydrogens (tertiary/aromatic N) is 2. The number of amides is 3. The van der Waals surface area contributed by atoms with Crippen molar-refractivity contribution in [3.05, 3.63) is 0 Å². The van der Waals surface area contributed by atoms with E-state index in [1.165, 1.54) is 0 Å². The van der Waals surface area contributed by atoms with Crippen LogP contribution < -0.4 is 10.6 Å². The average Bonchev–Trinajstić information content (AvgIpc) is 3.29. The second kappa shape index (κ2) is 8.17. The summed E-state index contributed by atoms with van der Waals surface area (Å²) in [5.41, 5.74) is 0. The lowest BCUT2D eigenvalue weighted by molar-refractivity contribution is -0.137. The first kappa shape index (κ1) is 18.2. The molecule has 0 bridgehead atoms. The molecule has 0 spiro atoms. The summed E-state index contributed by atoms with van der Waals surface area (Å²) in [5.74, 6) is 0.398. The number of piperidine rings is 1. The maximum absolute atomic E-state index is 12.7. The molecule has 3 rings (SSSR count). The number of rotatable bonds is 5. The van der Waals surface area contributed by atoms with Crippen molar-refractivity contribution in [3.8, 4) is 0 Å². The maximum Gasteiger partial charge on any atom is 0.237 e. The molecule has 140 valence electrons. The van der Waals surface area contributed by atoms with Gasteiger partial charge in [-0.25, -0.2) is 0 Å². The minimum absolute atomic E-state index is 0.0501. The monoisotopic (exact) mass is 350 g/mol. The Hall–Kier alpha value is -1.63. The highest BCUT2D eigenvalue weighted by atomic mass is 16.2. The Bertz CT molecular complexity index is 518. The number of carbonyl (C=O) groups excluding carboxylic acids is 3. The van der Waals surface area contributed by atoms with E-state index in [-0.39, 0.29) is 29.7 Å². The van der Waals surface area contributed by atoms with Crippen molar-refractivity contribution in [3.63, 3.8) is 0 Å². The van der Waals surface area contributed by atoms with E-state index in [9.17, 15) is 14.4 Å². The standard InChI is InChI=1S/C18H30N4O3/c1-2-21-12-14(9-16(21)23)18(25)22-8-4-5-13(11-22)10-20-17(24)15-6-3-7-19-15/h13-15,19H,2-12H2,1H3,(H,20,24). The van der Waals surface area contributed by atoms with E-state index in [0.29, 0.717) is 38.5 Å². The molecule has 7 heteroatoms. The molecular weight excluding hydrogens is 320 g/mol. The van der Waals surface area contributed by atoms with E-state index in [1.807, 2.05) is 11.8 Å². The van der Waals surface area contributed by atoms with Gasteiger partial charge >= 0.3 is 0 Å². The zero-order chi connectivity index (χ0) is 17.8. The molecule has 3 aliphatic heterocycles. The van der Waals surface area contributed by atoms with Gasteiger partial charge in [-0.05, 0) is 45.1 Å². The molecule has 2 N–H and O–H groups in total. The van der Waals surface area contributed by atoms with Crippen LogP contribution in [0.25, 0.3) is 0 Å². The lowest BCUT2D eigenvalue weighted by Gasteiger charge is -2.34. The van der Waals surface area contributed by atoms with Gasteiger partial charge < -0.3 is 20.4 Å². The maximum atomic E-state index is 12.7. The van der Waals surface area contributed by atoms with Crippen LogP contribution in [0.4, 0.5) is 0 Å². The molecule has 25 heavy (non-hydrogen) atoms. The predicted molar refractivity (Wildman–Crippen MR) is 93.7 cm³/mol. The summed E-state index contributed by atoms with van der Waals surface area (Å²) in [4.78, 5) is 40.4. The lowest BCUT2D eigenvalue weighted by atomic mass is 9.96. The highest BCUT2D eigenvalue weighted by Gasteiger charge is 2.37. The van der Waals surface area contributed by atoms with Crippen LogP contribution >= 0.6 is 0 Å². The first-order valence-corrected chi connectivity index (χ1v) is 9.66. The fraction of sp³-hybridized carbons (Fsp3) is 0.833. The van der Waals surface area contributed by atoms with Crippen molar-refractivity contribution in [2.45, 2.75) is 45.1 Å². The number of nitrogens with one attached hydrogen (secondary N) is 2.